The lowest BCUT2D eigenvalue weighted by Crippen LogP contribution is -2.23. The quantitative estimate of drug-likeness (QED) is 0.540. The molecule has 2 aliphatic rings. The van der Waals surface area contributed by atoms with E-state index in [1.165, 1.54) is 24.3 Å². The number of rotatable bonds is 4. The van der Waals surface area contributed by atoms with E-state index < -0.39 is 15.8 Å². The van der Waals surface area contributed by atoms with Crippen LogP contribution in [0.15, 0.2) is 76.9 Å². The van der Waals surface area contributed by atoms with Crippen LogP contribution in [0.5, 0.6) is 0 Å². The SMILES string of the molecule is N#CC1=C(N)OC2=C(CCC/C2=C/c2cccc([N+](=O)[O-])c2)C1c1cccc([N+](=O)[O-])c1. The molecule has 0 bridgehead atoms. The molecule has 1 aliphatic carbocycles. The standard InChI is InChI=1S/C23H18N4O5/c24-13-20-21(15-5-2-8-18(12-15)27(30)31)19-9-3-6-16(22(19)32-23(20)25)10-14-4-1-7-17(11-14)26(28)29/h1-2,4-5,7-8,10-12,21H,3,6,9,25H2/b16-10-. The lowest BCUT2D eigenvalue weighted by Gasteiger charge is -2.33. The van der Waals surface area contributed by atoms with Gasteiger partial charge >= 0.3 is 0 Å². The molecule has 0 saturated heterocycles. The smallest absolute Gasteiger partial charge is 0.270 e. The Morgan fingerprint density at radius 2 is 1.75 bits per heavy atom. The minimum absolute atomic E-state index is 0.0189. The zero-order valence-corrected chi connectivity index (χ0v) is 16.9. The van der Waals surface area contributed by atoms with E-state index in [1.54, 1.807) is 24.3 Å². The van der Waals surface area contributed by atoms with E-state index in [9.17, 15) is 25.5 Å². The van der Waals surface area contributed by atoms with Gasteiger partial charge in [0.25, 0.3) is 11.4 Å². The molecule has 0 fully saturated rings. The van der Waals surface area contributed by atoms with Gasteiger partial charge in [0.1, 0.15) is 17.4 Å². The van der Waals surface area contributed by atoms with Crippen molar-refractivity contribution in [3.8, 4) is 6.07 Å². The van der Waals surface area contributed by atoms with Crippen molar-refractivity contribution < 1.29 is 14.6 Å². The van der Waals surface area contributed by atoms with E-state index in [2.05, 4.69) is 6.07 Å². The zero-order valence-electron chi connectivity index (χ0n) is 16.9. The maximum Gasteiger partial charge on any atom is 0.270 e. The van der Waals surface area contributed by atoms with Gasteiger partial charge < -0.3 is 10.5 Å². The highest BCUT2D eigenvalue weighted by Crippen LogP contribution is 2.47. The molecule has 2 aromatic carbocycles. The van der Waals surface area contributed by atoms with Crippen LogP contribution < -0.4 is 5.73 Å². The summed E-state index contributed by atoms with van der Waals surface area (Å²) in [6.45, 7) is 0. The average Bonchev–Trinajstić information content (AvgIpc) is 2.79. The summed E-state index contributed by atoms with van der Waals surface area (Å²) in [5.74, 6) is -0.0807. The first-order chi connectivity index (χ1) is 15.4. The number of nitrogens with two attached hydrogens (primary N) is 1. The van der Waals surface area contributed by atoms with Crippen LogP contribution in [0.25, 0.3) is 6.08 Å². The van der Waals surface area contributed by atoms with E-state index in [0.29, 0.717) is 29.7 Å². The van der Waals surface area contributed by atoms with Gasteiger partial charge in [0.05, 0.1) is 9.85 Å². The Morgan fingerprint density at radius 3 is 2.44 bits per heavy atom. The van der Waals surface area contributed by atoms with Crippen LogP contribution in [0.3, 0.4) is 0 Å². The fourth-order valence-corrected chi connectivity index (χ4v) is 4.16. The van der Waals surface area contributed by atoms with E-state index in [0.717, 1.165) is 17.6 Å². The lowest BCUT2D eigenvalue weighted by atomic mass is 9.77. The molecular formula is C23H18N4O5. The average molecular weight is 430 g/mol. The maximum absolute atomic E-state index is 11.3. The highest BCUT2D eigenvalue weighted by Gasteiger charge is 2.36. The molecule has 160 valence electrons. The minimum atomic E-state index is -0.558. The first-order valence-electron chi connectivity index (χ1n) is 9.89. The molecule has 2 N–H and O–H groups in total. The van der Waals surface area contributed by atoms with Gasteiger partial charge in [-0.15, -0.1) is 0 Å². The minimum Gasteiger partial charge on any atom is -0.440 e. The molecule has 4 rings (SSSR count). The largest absolute Gasteiger partial charge is 0.440 e. The number of ether oxygens (including phenoxy) is 1. The molecule has 0 saturated carbocycles. The Morgan fingerprint density at radius 1 is 1.06 bits per heavy atom. The topological polar surface area (TPSA) is 145 Å². The molecule has 0 radical (unpaired) electrons. The molecule has 9 heteroatoms. The molecule has 1 atom stereocenters. The molecule has 2 aromatic rings. The normalized spacial score (nSPS) is 19.2. The maximum atomic E-state index is 11.3. The van der Waals surface area contributed by atoms with Gasteiger partial charge in [0.15, 0.2) is 0 Å². The summed E-state index contributed by atoms with van der Waals surface area (Å²) in [6.07, 6.45) is 3.88. The summed E-state index contributed by atoms with van der Waals surface area (Å²) in [6, 6.07) is 14.5. The van der Waals surface area contributed by atoms with E-state index in [1.807, 2.05) is 6.08 Å². The van der Waals surface area contributed by atoms with Crippen LogP contribution in [-0.4, -0.2) is 9.85 Å². The van der Waals surface area contributed by atoms with Gasteiger partial charge in [-0.1, -0.05) is 24.3 Å². The third-order valence-corrected chi connectivity index (χ3v) is 5.55. The summed E-state index contributed by atoms with van der Waals surface area (Å²) in [5.41, 5.74) is 9.07. The fourth-order valence-electron chi connectivity index (χ4n) is 4.16. The van der Waals surface area contributed by atoms with Crippen molar-refractivity contribution in [2.75, 3.05) is 0 Å². The van der Waals surface area contributed by atoms with Gasteiger partial charge in [-0.3, -0.25) is 20.2 Å². The molecule has 1 unspecified atom stereocenters. The third-order valence-electron chi connectivity index (χ3n) is 5.55. The highest BCUT2D eigenvalue weighted by atomic mass is 16.6. The second kappa shape index (κ2) is 8.35. The predicted molar refractivity (Wildman–Crippen MR) is 116 cm³/mol. The van der Waals surface area contributed by atoms with Crippen LogP contribution in [0.2, 0.25) is 0 Å². The van der Waals surface area contributed by atoms with Gasteiger partial charge in [-0.2, -0.15) is 5.26 Å². The van der Waals surface area contributed by atoms with Crippen LogP contribution >= 0.6 is 0 Å². The molecule has 1 heterocycles. The fraction of sp³-hybridized carbons (Fsp3) is 0.174. The number of nitro groups is 2. The Kier molecular flexibility index (Phi) is 5.43. The molecule has 0 spiro atoms. The molecular weight excluding hydrogens is 412 g/mol. The number of nitrogens with zero attached hydrogens (tertiary/aromatic N) is 3. The van der Waals surface area contributed by atoms with Crippen LogP contribution in [0, 0.1) is 31.6 Å². The first-order valence-corrected chi connectivity index (χ1v) is 9.89. The zero-order chi connectivity index (χ0) is 22.8. The van der Waals surface area contributed by atoms with Crippen LogP contribution in [0.1, 0.15) is 36.3 Å². The predicted octanol–water partition coefficient (Wildman–Crippen LogP) is 4.83. The van der Waals surface area contributed by atoms with Crippen molar-refractivity contribution in [2.24, 2.45) is 5.73 Å². The summed E-state index contributed by atoms with van der Waals surface area (Å²) in [7, 11) is 0. The Labute approximate surface area is 183 Å². The second-order valence-corrected chi connectivity index (χ2v) is 7.51. The number of nitro benzene ring substituents is 2. The van der Waals surface area contributed by atoms with E-state index in [4.69, 9.17) is 10.5 Å². The number of hydrogen-bond donors (Lipinski definition) is 1. The van der Waals surface area contributed by atoms with Crippen molar-refractivity contribution in [3.05, 3.63) is 108 Å². The van der Waals surface area contributed by atoms with E-state index in [-0.39, 0.29) is 22.8 Å². The molecule has 0 aromatic heterocycles. The Hall–Kier alpha value is -4.45. The lowest BCUT2D eigenvalue weighted by molar-refractivity contribution is -0.385. The number of benzene rings is 2. The Bertz CT molecular complexity index is 1270. The summed E-state index contributed by atoms with van der Waals surface area (Å²) < 4.78 is 5.86. The molecule has 0 amide bonds. The Balaban J connectivity index is 1.84. The monoisotopic (exact) mass is 430 g/mol. The number of non-ortho nitro benzene ring substituents is 2. The second-order valence-electron chi connectivity index (χ2n) is 7.51. The van der Waals surface area contributed by atoms with Crippen LogP contribution in [-0.2, 0) is 4.74 Å². The number of allylic oxidation sites excluding steroid dienone is 3. The van der Waals surface area contributed by atoms with E-state index >= 15 is 0 Å². The summed E-state index contributed by atoms with van der Waals surface area (Å²) >= 11 is 0. The van der Waals surface area contributed by atoms with Gasteiger partial charge in [-0.05, 0) is 47.6 Å². The van der Waals surface area contributed by atoms with Crippen molar-refractivity contribution in [1.82, 2.24) is 0 Å². The summed E-state index contributed by atoms with van der Waals surface area (Å²) in [5, 5.41) is 32.1. The third kappa shape index (κ3) is 3.81. The van der Waals surface area contributed by atoms with Crippen LogP contribution in [0.4, 0.5) is 11.4 Å². The van der Waals surface area contributed by atoms with Gasteiger partial charge in [-0.25, -0.2) is 0 Å². The molecule has 32 heavy (non-hydrogen) atoms. The van der Waals surface area contributed by atoms with Gasteiger partial charge in [0, 0.05) is 30.2 Å². The van der Waals surface area contributed by atoms with Crippen molar-refractivity contribution in [3.63, 3.8) is 0 Å². The first kappa shape index (κ1) is 20.8. The number of nitriles is 1. The van der Waals surface area contributed by atoms with Crippen molar-refractivity contribution in [1.29, 1.82) is 5.26 Å². The van der Waals surface area contributed by atoms with Gasteiger partial charge in [0.2, 0.25) is 5.88 Å². The summed E-state index contributed by atoms with van der Waals surface area (Å²) in [4.78, 5) is 21.4. The van der Waals surface area contributed by atoms with Crippen molar-refractivity contribution in [2.45, 2.75) is 25.2 Å². The van der Waals surface area contributed by atoms with Crippen molar-refractivity contribution >= 4 is 17.5 Å². The highest BCUT2D eigenvalue weighted by molar-refractivity contribution is 5.63. The number of hydrogen-bond acceptors (Lipinski definition) is 7. The molecule has 1 aliphatic heterocycles. The molecule has 9 nitrogen and oxygen atoms in total.